The predicted octanol–water partition coefficient (Wildman–Crippen LogP) is 4.31. The van der Waals surface area contributed by atoms with Crippen LogP contribution in [0.15, 0.2) is 87.1 Å². The summed E-state index contributed by atoms with van der Waals surface area (Å²) in [7, 11) is 0. The number of rotatable bonds is 7. The second kappa shape index (κ2) is 11.0. The van der Waals surface area contributed by atoms with Crippen LogP contribution in [-0.4, -0.2) is 17.1 Å². The summed E-state index contributed by atoms with van der Waals surface area (Å²) in [6.45, 7) is 4.12. The smallest absolute Gasteiger partial charge is 0.338 e. The van der Waals surface area contributed by atoms with Gasteiger partial charge in [-0.15, -0.1) is 11.3 Å². The van der Waals surface area contributed by atoms with Gasteiger partial charge in [-0.05, 0) is 66.8 Å². The maximum absolute atomic E-state index is 13.7. The molecule has 0 spiro atoms. The minimum atomic E-state index is -0.588. The number of ether oxygens (including phenoxy) is 2. The van der Waals surface area contributed by atoms with E-state index >= 15 is 0 Å². The first-order valence-electron chi connectivity index (χ1n) is 11.9. The van der Waals surface area contributed by atoms with Crippen molar-refractivity contribution < 1.29 is 14.3 Å². The highest BCUT2D eigenvalue weighted by atomic mass is 32.1. The summed E-state index contributed by atoms with van der Waals surface area (Å²) in [5.41, 5.74) is 3.07. The number of esters is 1. The van der Waals surface area contributed by atoms with Gasteiger partial charge >= 0.3 is 5.97 Å². The molecule has 3 heterocycles. The number of fused-ring (bicyclic) bond motifs is 1. The van der Waals surface area contributed by atoms with Crippen LogP contribution in [0.2, 0.25) is 0 Å². The number of carbonyl (C=O) groups is 1. The lowest BCUT2D eigenvalue weighted by atomic mass is 10.0. The second-order valence-corrected chi connectivity index (χ2v) is 10.5. The Morgan fingerprint density at radius 3 is 2.71 bits per heavy atom. The van der Waals surface area contributed by atoms with E-state index < -0.39 is 12.0 Å². The van der Waals surface area contributed by atoms with Crippen LogP contribution in [0, 0.1) is 11.3 Å². The Bertz CT molecular complexity index is 1740. The lowest BCUT2D eigenvalue weighted by molar-refractivity contribution is -0.139. The van der Waals surface area contributed by atoms with E-state index in [1.165, 1.54) is 22.7 Å². The number of hydrogen-bond donors (Lipinski definition) is 0. The number of thiophene rings is 1. The van der Waals surface area contributed by atoms with Gasteiger partial charge in [0.25, 0.3) is 5.56 Å². The van der Waals surface area contributed by atoms with Gasteiger partial charge in [0.2, 0.25) is 0 Å². The van der Waals surface area contributed by atoms with Crippen LogP contribution < -0.4 is 19.6 Å². The van der Waals surface area contributed by atoms with Crippen LogP contribution in [0.1, 0.15) is 41.5 Å². The molecule has 2 aromatic heterocycles. The predicted molar refractivity (Wildman–Crippen MR) is 147 cm³/mol. The van der Waals surface area contributed by atoms with Crippen LogP contribution in [-0.2, 0) is 16.1 Å². The van der Waals surface area contributed by atoms with Gasteiger partial charge in [-0.1, -0.05) is 41.7 Å². The van der Waals surface area contributed by atoms with E-state index in [1.54, 1.807) is 30.5 Å². The van der Waals surface area contributed by atoms with E-state index in [-0.39, 0.29) is 12.2 Å². The van der Waals surface area contributed by atoms with Crippen molar-refractivity contribution in [2.24, 2.45) is 4.99 Å². The van der Waals surface area contributed by atoms with Gasteiger partial charge in [0, 0.05) is 4.88 Å². The van der Waals surface area contributed by atoms with Gasteiger partial charge in [-0.25, -0.2) is 9.79 Å². The fourth-order valence-corrected chi connectivity index (χ4v) is 6.07. The highest BCUT2D eigenvalue weighted by molar-refractivity contribution is 7.10. The zero-order chi connectivity index (χ0) is 26.6. The molecule has 0 bridgehead atoms. The highest BCUT2D eigenvalue weighted by Crippen LogP contribution is 2.33. The maximum Gasteiger partial charge on any atom is 0.338 e. The number of thiazole rings is 1. The molecule has 0 radical (unpaired) electrons. The van der Waals surface area contributed by atoms with Gasteiger partial charge in [-0.3, -0.25) is 9.36 Å². The first-order chi connectivity index (χ1) is 18.5. The normalized spacial score (nSPS) is 15.0. The molecule has 9 heteroatoms. The molecule has 4 aromatic rings. The number of benzene rings is 2. The average molecular weight is 542 g/mol. The number of hydrogen-bond acceptors (Lipinski definition) is 8. The standard InChI is InChI=1S/C29H23N3O4S2/c1-3-35-28(34)25-18(2)31-29-32(26(25)23-8-5-13-37-23)27(33)24(38-29)15-21-6-4-7-22(14-21)36-17-20-11-9-19(16-30)10-12-20/h4-15,26H,3,17H2,1-2H3/b24-15-/t26-/m0/s1. The van der Waals surface area contributed by atoms with Crippen molar-refractivity contribution >= 4 is 34.7 Å². The number of nitriles is 1. The molecular formula is C29H23N3O4S2. The summed E-state index contributed by atoms with van der Waals surface area (Å²) in [6, 6.07) is 20.1. The van der Waals surface area contributed by atoms with Crippen LogP contribution in [0.3, 0.4) is 0 Å². The fourth-order valence-electron chi connectivity index (χ4n) is 4.20. The highest BCUT2D eigenvalue weighted by Gasteiger charge is 2.33. The van der Waals surface area contributed by atoms with Crippen molar-refractivity contribution in [1.29, 1.82) is 5.26 Å². The summed E-state index contributed by atoms with van der Waals surface area (Å²) in [6.07, 6.45) is 1.81. The zero-order valence-electron chi connectivity index (χ0n) is 20.7. The van der Waals surface area contributed by atoms with Crippen molar-refractivity contribution in [2.75, 3.05) is 6.61 Å². The van der Waals surface area contributed by atoms with Crippen LogP contribution in [0.25, 0.3) is 6.08 Å². The Kier molecular flexibility index (Phi) is 7.36. The molecule has 1 atom stereocenters. The van der Waals surface area contributed by atoms with Crippen LogP contribution in [0.5, 0.6) is 5.75 Å². The molecule has 0 saturated carbocycles. The second-order valence-electron chi connectivity index (χ2n) is 8.49. The van der Waals surface area contributed by atoms with E-state index in [9.17, 15) is 9.59 Å². The zero-order valence-corrected chi connectivity index (χ0v) is 22.3. The van der Waals surface area contributed by atoms with E-state index in [2.05, 4.69) is 11.1 Å². The van der Waals surface area contributed by atoms with E-state index in [0.717, 1.165) is 16.0 Å². The first-order valence-corrected chi connectivity index (χ1v) is 13.6. The molecular weight excluding hydrogens is 518 g/mol. The lowest BCUT2D eigenvalue weighted by Crippen LogP contribution is -2.39. The molecule has 190 valence electrons. The molecule has 0 amide bonds. The van der Waals surface area contributed by atoms with Crippen molar-refractivity contribution in [3.63, 3.8) is 0 Å². The average Bonchev–Trinajstić information content (AvgIpc) is 3.56. The summed E-state index contributed by atoms with van der Waals surface area (Å²) in [5.74, 6) is 0.196. The molecule has 38 heavy (non-hydrogen) atoms. The first kappa shape index (κ1) is 25.4. The molecule has 7 nitrogen and oxygen atoms in total. The Morgan fingerprint density at radius 2 is 2.00 bits per heavy atom. The summed E-state index contributed by atoms with van der Waals surface area (Å²) < 4.78 is 13.4. The number of allylic oxidation sites excluding steroid dienone is 1. The fraction of sp³-hybridized carbons (Fsp3) is 0.172. The Balaban J connectivity index is 1.49. The van der Waals surface area contributed by atoms with Gasteiger partial charge in [0.05, 0.1) is 34.0 Å². The molecule has 1 aliphatic heterocycles. The SMILES string of the molecule is CCOC(=O)C1=C(C)N=c2s/c(=C\c3cccc(OCc4ccc(C#N)cc4)c3)c(=O)n2[C@H]1c1cccs1. The lowest BCUT2D eigenvalue weighted by Gasteiger charge is -2.23. The maximum atomic E-state index is 13.7. The molecule has 0 aliphatic carbocycles. The van der Waals surface area contributed by atoms with Crippen molar-refractivity contribution in [1.82, 2.24) is 4.57 Å². The molecule has 0 fully saturated rings. The Morgan fingerprint density at radius 1 is 1.18 bits per heavy atom. The summed E-state index contributed by atoms with van der Waals surface area (Å²) >= 11 is 2.77. The van der Waals surface area contributed by atoms with Gasteiger partial charge in [-0.2, -0.15) is 5.26 Å². The van der Waals surface area contributed by atoms with Crippen LogP contribution >= 0.6 is 22.7 Å². The third kappa shape index (κ3) is 5.09. The molecule has 2 aromatic carbocycles. The van der Waals surface area contributed by atoms with E-state index in [1.807, 2.05) is 60.0 Å². The molecule has 0 N–H and O–H groups in total. The Hall–Kier alpha value is -4.26. The van der Waals surface area contributed by atoms with E-state index in [0.29, 0.717) is 38.5 Å². The van der Waals surface area contributed by atoms with Gasteiger partial charge in [0.15, 0.2) is 4.80 Å². The summed E-state index contributed by atoms with van der Waals surface area (Å²) in [5, 5.41) is 10.9. The minimum Gasteiger partial charge on any atom is -0.489 e. The molecule has 0 saturated heterocycles. The Labute approximate surface area is 226 Å². The molecule has 1 aliphatic rings. The quantitative estimate of drug-likeness (QED) is 0.325. The van der Waals surface area contributed by atoms with Crippen molar-refractivity contribution in [3.05, 3.63) is 119 Å². The van der Waals surface area contributed by atoms with Gasteiger partial charge < -0.3 is 9.47 Å². The largest absolute Gasteiger partial charge is 0.489 e. The monoisotopic (exact) mass is 541 g/mol. The third-order valence-electron chi connectivity index (χ3n) is 5.97. The molecule has 5 rings (SSSR count). The number of nitrogens with zero attached hydrogens (tertiary/aromatic N) is 3. The number of carbonyl (C=O) groups excluding carboxylic acids is 1. The molecule has 0 unspecified atom stereocenters. The topological polar surface area (TPSA) is 93.7 Å². The van der Waals surface area contributed by atoms with Crippen LogP contribution in [0.4, 0.5) is 0 Å². The van der Waals surface area contributed by atoms with Crippen molar-refractivity contribution in [3.8, 4) is 11.8 Å². The number of aromatic nitrogens is 1. The minimum absolute atomic E-state index is 0.217. The van der Waals surface area contributed by atoms with Crippen molar-refractivity contribution in [2.45, 2.75) is 26.5 Å². The third-order valence-corrected chi connectivity index (χ3v) is 7.88. The van der Waals surface area contributed by atoms with Gasteiger partial charge in [0.1, 0.15) is 18.4 Å². The van der Waals surface area contributed by atoms with E-state index in [4.69, 9.17) is 14.7 Å². The summed E-state index contributed by atoms with van der Waals surface area (Å²) in [4.78, 5) is 32.6.